The third-order valence-electron chi connectivity index (χ3n) is 2.53. The number of hydrogen-bond acceptors (Lipinski definition) is 3. The molecule has 0 atom stereocenters. The van der Waals surface area contributed by atoms with Crippen LogP contribution in [-0.2, 0) is 0 Å². The summed E-state index contributed by atoms with van der Waals surface area (Å²) in [6.45, 7) is 1.93. The minimum Gasteiger partial charge on any atom is -0.497 e. The second kappa shape index (κ2) is 4.78. The van der Waals surface area contributed by atoms with Crippen molar-refractivity contribution < 1.29 is 9.53 Å². The van der Waals surface area contributed by atoms with E-state index in [2.05, 4.69) is 4.98 Å². The number of aryl methyl sites for hydroxylation is 1. The van der Waals surface area contributed by atoms with Crippen LogP contribution >= 0.6 is 0 Å². The summed E-state index contributed by atoms with van der Waals surface area (Å²) < 4.78 is 5.17. The molecule has 17 heavy (non-hydrogen) atoms. The van der Waals surface area contributed by atoms with E-state index in [1.807, 2.05) is 31.2 Å². The Morgan fingerprint density at radius 1 is 1.18 bits per heavy atom. The lowest BCUT2D eigenvalue weighted by Gasteiger charge is -2.07. The van der Waals surface area contributed by atoms with E-state index in [4.69, 9.17) is 4.74 Å². The molecule has 3 heteroatoms. The van der Waals surface area contributed by atoms with Gasteiger partial charge >= 0.3 is 0 Å². The average molecular weight is 227 g/mol. The molecule has 0 fully saturated rings. The van der Waals surface area contributed by atoms with E-state index in [0.29, 0.717) is 11.3 Å². The highest BCUT2D eigenvalue weighted by atomic mass is 16.5. The van der Waals surface area contributed by atoms with Crippen LogP contribution in [-0.4, -0.2) is 18.4 Å². The van der Waals surface area contributed by atoms with Crippen LogP contribution in [0.2, 0.25) is 0 Å². The first kappa shape index (κ1) is 11.3. The maximum atomic E-state index is 10.9. The van der Waals surface area contributed by atoms with Gasteiger partial charge < -0.3 is 4.74 Å². The molecule has 0 unspecified atom stereocenters. The van der Waals surface area contributed by atoms with Crippen molar-refractivity contribution >= 4 is 6.29 Å². The van der Waals surface area contributed by atoms with Crippen LogP contribution in [0.5, 0.6) is 5.75 Å². The lowest BCUT2D eigenvalue weighted by atomic mass is 10.0. The Bertz CT molecular complexity index is 550. The fourth-order valence-corrected chi connectivity index (χ4v) is 1.70. The first-order valence-electron chi connectivity index (χ1n) is 5.30. The Labute approximate surface area is 100 Å². The summed E-state index contributed by atoms with van der Waals surface area (Å²) in [5.41, 5.74) is 3.53. The van der Waals surface area contributed by atoms with E-state index >= 15 is 0 Å². The zero-order valence-corrected chi connectivity index (χ0v) is 9.81. The highest BCUT2D eigenvalue weighted by molar-refractivity contribution is 5.80. The first-order chi connectivity index (χ1) is 8.22. The number of ether oxygens (including phenoxy) is 1. The number of nitrogens with zero attached hydrogens (tertiary/aromatic N) is 1. The highest BCUT2D eigenvalue weighted by Crippen LogP contribution is 2.25. The molecule has 0 radical (unpaired) electrons. The van der Waals surface area contributed by atoms with Crippen molar-refractivity contribution in [1.82, 2.24) is 4.98 Å². The van der Waals surface area contributed by atoms with Crippen molar-refractivity contribution in [2.45, 2.75) is 6.92 Å². The number of carbonyl (C=O) groups excluding carboxylic acids is 1. The first-order valence-corrected chi connectivity index (χ1v) is 5.30. The van der Waals surface area contributed by atoms with Crippen molar-refractivity contribution in [3.8, 4) is 16.9 Å². The van der Waals surface area contributed by atoms with E-state index in [0.717, 1.165) is 23.1 Å². The molecule has 0 amide bonds. The Hall–Kier alpha value is -2.16. The summed E-state index contributed by atoms with van der Waals surface area (Å²) in [6, 6.07) is 9.34. The van der Waals surface area contributed by atoms with E-state index in [-0.39, 0.29) is 0 Å². The van der Waals surface area contributed by atoms with Crippen LogP contribution in [0.25, 0.3) is 11.1 Å². The van der Waals surface area contributed by atoms with Crippen LogP contribution in [0.1, 0.15) is 16.1 Å². The SMILES string of the molecule is COc1cc(C=O)cc(-c2ccnc(C)c2)c1. The second-order valence-corrected chi connectivity index (χ2v) is 3.80. The van der Waals surface area contributed by atoms with Gasteiger partial charge in [-0.2, -0.15) is 0 Å². The van der Waals surface area contributed by atoms with E-state index < -0.39 is 0 Å². The van der Waals surface area contributed by atoms with Gasteiger partial charge in [0.05, 0.1) is 7.11 Å². The van der Waals surface area contributed by atoms with Gasteiger partial charge in [0, 0.05) is 17.5 Å². The van der Waals surface area contributed by atoms with Crippen molar-refractivity contribution in [2.24, 2.45) is 0 Å². The molecular formula is C14H13NO2. The minimum atomic E-state index is 0.605. The van der Waals surface area contributed by atoms with E-state index in [9.17, 15) is 4.79 Å². The molecule has 0 N–H and O–H groups in total. The molecule has 0 aliphatic carbocycles. The molecule has 2 aromatic rings. The number of rotatable bonds is 3. The Morgan fingerprint density at radius 2 is 2.00 bits per heavy atom. The predicted octanol–water partition coefficient (Wildman–Crippen LogP) is 2.88. The molecule has 0 saturated carbocycles. The molecule has 0 spiro atoms. The number of methoxy groups -OCH3 is 1. The number of benzene rings is 1. The van der Waals surface area contributed by atoms with Gasteiger partial charge in [-0.15, -0.1) is 0 Å². The molecule has 0 saturated heterocycles. The number of aromatic nitrogens is 1. The zero-order chi connectivity index (χ0) is 12.3. The largest absolute Gasteiger partial charge is 0.497 e. The second-order valence-electron chi connectivity index (χ2n) is 3.80. The summed E-state index contributed by atoms with van der Waals surface area (Å²) in [6.07, 6.45) is 2.57. The maximum Gasteiger partial charge on any atom is 0.150 e. The average Bonchev–Trinajstić information content (AvgIpc) is 2.38. The number of carbonyl (C=O) groups is 1. The monoisotopic (exact) mass is 227 g/mol. The van der Waals surface area contributed by atoms with Crippen LogP contribution in [0, 0.1) is 6.92 Å². The smallest absolute Gasteiger partial charge is 0.150 e. The normalized spacial score (nSPS) is 10.0. The summed E-state index contributed by atoms with van der Waals surface area (Å²) in [5.74, 6) is 0.680. The van der Waals surface area contributed by atoms with Gasteiger partial charge in [0.1, 0.15) is 12.0 Å². The molecule has 3 nitrogen and oxygen atoms in total. The molecule has 1 aromatic heterocycles. The lowest BCUT2D eigenvalue weighted by molar-refractivity contribution is 0.112. The topological polar surface area (TPSA) is 39.2 Å². The Morgan fingerprint density at radius 3 is 2.65 bits per heavy atom. The Kier molecular flexibility index (Phi) is 3.19. The minimum absolute atomic E-state index is 0.605. The van der Waals surface area contributed by atoms with Gasteiger partial charge in [0.25, 0.3) is 0 Å². The summed E-state index contributed by atoms with van der Waals surface area (Å²) >= 11 is 0. The summed E-state index contributed by atoms with van der Waals surface area (Å²) in [7, 11) is 1.59. The third-order valence-corrected chi connectivity index (χ3v) is 2.53. The fraction of sp³-hybridized carbons (Fsp3) is 0.143. The van der Waals surface area contributed by atoms with Gasteiger partial charge in [0.2, 0.25) is 0 Å². The van der Waals surface area contributed by atoms with Crippen LogP contribution in [0.4, 0.5) is 0 Å². The van der Waals surface area contributed by atoms with Gasteiger partial charge in [0.15, 0.2) is 0 Å². The van der Waals surface area contributed by atoms with E-state index in [1.54, 1.807) is 19.4 Å². The van der Waals surface area contributed by atoms with E-state index in [1.165, 1.54) is 0 Å². The maximum absolute atomic E-state index is 10.9. The summed E-state index contributed by atoms with van der Waals surface area (Å²) in [5, 5.41) is 0. The standard InChI is InChI=1S/C14H13NO2/c1-10-5-12(3-4-15-10)13-6-11(9-16)7-14(8-13)17-2/h3-9H,1-2H3. The van der Waals surface area contributed by atoms with Crippen molar-refractivity contribution in [1.29, 1.82) is 0 Å². The van der Waals surface area contributed by atoms with Gasteiger partial charge in [-0.1, -0.05) is 0 Å². The summed E-state index contributed by atoms with van der Waals surface area (Å²) in [4.78, 5) is 15.0. The molecule has 0 aliphatic rings. The van der Waals surface area contributed by atoms with Crippen molar-refractivity contribution in [3.05, 3.63) is 47.8 Å². The lowest BCUT2D eigenvalue weighted by Crippen LogP contribution is -1.89. The molecule has 0 bridgehead atoms. The third kappa shape index (κ3) is 2.50. The van der Waals surface area contributed by atoms with Gasteiger partial charge in [-0.3, -0.25) is 9.78 Å². The van der Waals surface area contributed by atoms with Crippen molar-refractivity contribution in [3.63, 3.8) is 0 Å². The molecule has 2 rings (SSSR count). The highest BCUT2D eigenvalue weighted by Gasteiger charge is 2.03. The molecule has 86 valence electrons. The van der Waals surface area contributed by atoms with Crippen molar-refractivity contribution in [2.75, 3.05) is 7.11 Å². The number of pyridine rings is 1. The Balaban J connectivity index is 2.54. The molecular weight excluding hydrogens is 214 g/mol. The number of aldehydes is 1. The van der Waals surface area contributed by atoms with Crippen LogP contribution in [0.3, 0.4) is 0 Å². The van der Waals surface area contributed by atoms with Gasteiger partial charge in [-0.05, 0) is 48.4 Å². The molecule has 1 aromatic carbocycles. The number of hydrogen-bond donors (Lipinski definition) is 0. The quantitative estimate of drug-likeness (QED) is 0.757. The zero-order valence-electron chi connectivity index (χ0n) is 9.81. The fourth-order valence-electron chi connectivity index (χ4n) is 1.70. The predicted molar refractivity (Wildman–Crippen MR) is 66.3 cm³/mol. The van der Waals surface area contributed by atoms with Crippen LogP contribution < -0.4 is 4.74 Å². The molecule has 0 aliphatic heterocycles. The molecule has 1 heterocycles. The van der Waals surface area contributed by atoms with Crippen LogP contribution in [0.15, 0.2) is 36.5 Å². The van der Waals surface area contributed by atoms with Gasteiger partial charge in [-0.25, -0.2) is 0 Å².